The van der Waals surface area contributed by atoms with Crippen molar-refractivity contribution in [3.8, 4) is 0 Å². The van der Waals surface area contributed by atoms with Crippen LogP contribution in [0.5, 0.6) is 0 Å². The van der Waals surface area contributed by atoms with E-state index in [9.17, 15) is 9.59 Å². The fraction of sp³-hybridized carbons (Fsp3) is 0.333. The van der Waals surface area contributed by atoms with Crippen LogP contribution in [0.25, 0.3) is 0 Å². The molecule has 0 radical (unpaired) electrons. The summed E-state index contributed by atoms with van der Waals surface area (Å²) in [6.07, 6.45) is 4.63. The molecule has 1 aliphatic heterocycles. The number of carbonyl (C=O) groups is 2. The number of hydrogen-bond donors (Lipinski definition) is 2. The van der Waals surface area contributed by atoms with Crippen LogP contribution in [0.3, 0.4) is 0 Å². The van der Waals surface area contributed by atoms with E-state index in [2.05, 4.69) is 17.6 Å². The van der Waals surface area contributed by atoms with Crippen molar-refractivity contribution < 1.29 is 9.59 Å². The molecule has 2 aromatic rings. The number of nitrogens with one attached hydrogen (secondary N) is 2. The van der Waals surface area contributed by atoms with Gasteiger partial charge in [0.2, 0.25) is 0 Å². The highest BCUT2D eigenvalue weighted by Crippen LogP contribution is 2.39. The van der Waals surface area contributed by atoms with Gasteiger partial charge in [-0.3, -0.25) is 9.59 Å². The van der Waals surface area contributed by atoms with Gasteiger partial charge in [-0.15, -0.1) is 0 Å². The van der Waals surface area contributed by atoms with Gasteiger partial charge in [0.1, 0.15) is 0 Å². The highest BCUT2D eigenvalue weighted by Gasteiger charge is 2.24. The van der Waals surface area contributed by atoms with Crippen molar-refractivity contribution in [2.24, 2.45) is 5.92 Å². The largest absolute Gasteiger partial charge is 0.349 e. The van der Waals surface area contributed by atoms with Crippen molar-refractivity contribution in [1.29, 1.82) is 0 Å². The molecule has 5 heteroatoms. The second-order valence-electron chi connectivity index (χ2n) is 7.10. The first-order chi connectivity index (χ1) is 12.6. The molecule has 2 atom stereocenters. The smallest absolute Gasteiger partial charge is 0.256 e. The van der Waals surface area contributed by atoms with E-state index in [1.807, 2.05) is 36.4 Å². The molecule has 26 heavy (non-hydrogen) atoms. The van der Waals surface area contributed by atoms with Crippen molar-refractivity contribution in [1.82, 2.24) is 5.32 Å². The lowest BCUT2D eigenvalue weighted by Gasteiger charge is -2.29. The Labute approximate surface area is 157 Å². The van der Waals surface area contributed by atoms with Gasteiger partial charge in [0.15, 0.2) is 0 Å². The zero-order chi connectivity index (χ0) is 18.1. The van der Waals surface area contributed by atoms with Crippen molar-refractivity contribution >= 4 is 29.3 Å². The van der Waals surface area contributed by atoms with Crippen LogP contribution in [0.15, 0.2) is 52.3 Å². The molecule has 2 aliphatic rings. The number of carbonyl (C=O) groups excluding carboxylic acids is 2. The van der Waals surface area contributed by atoms with Crippen LogP contribution in [0.4, 0.5) is 5.69 Å². The topological polar surface area (TPSA) is 58.2 Å². The van der Waals surface area contributed by atoms with E-state index in [4.69, 9.17) is 0 Å². The van der Waals surface area contributed by atoms with E-state index in [0.717, 1.165) is 16.2 Å². The Hall–Kier alpha value is -2.27. The molecule has 2 amide bonds. The summed E-state index contributed by atoms with van der Waals surface area (Å²) in [5.74, 6) is 0.316. The number of rotatable bonds is 2. The molecule has 1 fully saturated rings. The minimum absolute atomic E-state index is 0.0624. The van der Waals surface area contributed by atoms with Gasteiger partial charge in [0, 0.05) is 21.4 Å². The maximum absolute atomic E-state index is 12.7. The maximum atomic E-state index is 12.7. The third kappa shape index (κ3) is 3.36. The molecule has 1 aliphatic carbocycles. The van der Waals surface area contributed by atoms with Crippen molar-refractivity contribution in [2.45, 2.75) is 48.4 Å². The van der Waals surface area contributed by atoms with Gasteiger partial charge < -0.3 is 10.6 Å². The van der Waals surface area contributed by atoms with Crippen LogP contribution in [0, 0.1) is 5.92 Å². The Bertz CT molecular complexity index is 865. The Morgan fingerprint density at radius 3 is 2.77 bits per heavy atom. The van der Waals surface area contributed by atoms with Gasteiger partial charge in [-0.25, -0.2) is 0 Å². The first-order valence-electron chi connectivity index (χ1n) is 9.15. The summed E-state index contributed by atoms with van der Waals surface area (Å²) in [7, 11) is 0. The summed E-state index contributed by atoms with van der Waals surface area (Å²) in [6.45, 7) is 2.20. The van der Waals surface area contributed by atoms with E-state index in [-0.39, 0.29) is 17.9 Å². The van der Waals surface area contributed by atoms with Gasteiger partial charge in [-0.05, 0) is 49.1 Å². The maximum Gasteiger partial charge on any atom is 0.256 e. The van der Waals surface area contributed by atoms with E-state index in [0.29, 0.717) is 22.7 Å². The van der Waals surface area contributed by atoms with Crippen LogP contribution in [0.2, 0.25) is 0 Å². The van der Waals surface area contributed by atoms with Crippen LogP contribution < -0.4 is 10.6 Å². The van der Waals surface area contributed by atoms with Crippen molar-refractivity contribution in [3.63, 3.8) is 0 Å². The van der Waals surface area contributed by atoms with E-state index in [1.165, 1.54) is 19.3 Å². The molecule has 4 rings (SSSR count). The Morgan fingerprint density at radius 2 is 1.92 bits per heavy atom. The minimum atomic E-state index is -0.134. The third-order valence-corrected chi connectivity index (χ3v) is 6.42. The fourth-order valence-electron chi connectivity index (χ4n) is 3.69. The molecule has 0 unspecified atom stereocenters. The normalized spacial score (nSPS) is 21.8. The summed E-state index contributed by atoms with van der Waals surface area (Å²) in [5.41, 5.74) is 1.95. The summed E-state index contributed by atoms with van der Waals surface area (Å²) in [5, 5.41) is 6.12. The lowest BCUT2D eigenvalue weighted by atomic mass is 9.86. The Balaban J connectivity index is 1.57. The van der Waals surface area contributed by atoms with Gasteiger partial charge >= 0.3 is 0 Å². The Morgan fingerprint density at radius 1 is 1.12 bits per heavy atom. The second-order valence-corrected chi connectivity index (χ2v) is 8.19. The number of anilines is 1. The van der Waals surface area contributed by atoms with Gasteiger partial charge in [0.25, 0.3) is 11.8 Å². The van der Waals surface area contributed by atoms with Gasteiger partial charge in [-0.2, -0.15) is 0 Å². The fourth-order valence-corrected chi connectivity index (χ4v) is 4.70. The molecule has 0 saturated heterocycles. The Kier molecular flexibility index (Phi) is 4.72. The molecule has 2 aromatic carbocycles. The van der Waals surface area contributed by atoms with E-state index in [1.54, 1.807) is 17.8 Å². The molecule has 4 nitrogen and oxygen atoms in total. The van der Waals surface area contributed by atoms with E-state index >= 15 is 0 Å². The summed E-state index contributed by atoms with van der Waals surface area (Å²) in [4.78, 5) is 27.1. The average molecular weight is 366 g/mol. The van der Waals surface area contributed by atoms with Crippen LogP contribution in [0.1, 0.15) is 53.3 Å². The molecule has 0 spiro atoms. The van der Waals surface area contributed by atoms with Gasteiger partial charge in [-0.1, -0.05) is 43.7 Å². The highest BCUT2D eigenvalue weighted by molar-refractivity contribution is 7.99. The molecule has 1 heterocycles. The van der Waals surface area contributed by atoms with E-state index < -0.39 is 0 Å². The minimum Gasteiger partial charge on any atom is -0.349 e. The van der Waals surface area contributed by atoms with Crippen molar-refractivity contribution in [2.75, 3.05) is 5.32 Å². The zero-order valence-corrected chi connectivity index (χ0v) is 15.6. The summed E-state index contributed by atoms with van der Waals surface area (Å²) < 4.78 is 0. The highest BCUT2D eigenvalue weighted by atomic mass is 32.2. The first-order valence-corrected chi connectivity index (χ1v) is 9.96. The van der Waals surface area contributed by atoms with Crippen molar-refractivity contribution in [3.05, 3.63) is 53.6 Å². The second kappa shape index (κ2) is 7.16. The lowest BCUT2D eigenvalue weighted by Crippen LogP contribution is -2.41. The molecular weight excluding hydrogens is 344 g/mol. The molecule has 2 N–H and O–H groups in total. The lowest BCUT2D eigenvalue weighted by molar-refractivity contribution is 0.0909. The molecule has 0 bridgehead atoms. The molecular formula is C21H22N2O2S. The molecule has 0 aromatic heterocycles. The van der Waals surface area contributed by atoms with Crippen LogP contribution >= 0.6 is 11.8 Å². The number of amides is 2. The average Bonchev–Trinajstić information content (AvgIpc) is 2.79. The summed E-state index contributed by atoms with van der Waals surface area (Å²) in [6, 6.07) is 13.3. The number of benzene rings is 2. The standard InChI is InChI=1S/C21H22N2O2S/c1-13-6-2-4-8-16(13)22-20(24)14-10-11-19-17(12-14)23-21(25)15-7-3-5-9-18(15)26-19/h3,5,7,9-13,16H,2,4,6,8H2,1H3,(H,22,24)(H,23,25)/t13-,16-/m0/s1. The monoisotopic (exact) mass is 366 g/mol. The number of hydrogen-bond acceptors (Lipinski definition) is 3. The SMILES string of the molecule is C[C@H]1CCCC[C@@H]1NC(=O)c1ccc2c(c1)NC(=O)c1ccccc1S2. The molecule has 1 saturated carbocycles. The van der Waals surface area contributed by atoms with Crippen LogP contribution in [-0.2, 0) is 0 Å². The predicted octanol–water partition coefficient (Wildman–Crippen LogP) is 4.71. The van der Waals surface area contributed by atoms with Crippen LogP contribution in [-0.4, -0.2) is 17.9 Å². The quantitative estimate of drug-likeness (QED) is 0.809. The first kappa shape index (κ1) is 17.2. The van der Waals surface area contributed by atoms with Gasteiger partial charge in [0.05, 0.1) is 11.3 Å². The predicted molar refractivity (Wildman–Crippen MR) is 104 cm³/mol. The molecule has 134 valence electrons. The third-order valence-electron chi connectivity index (χ3n) is 5.27. The zero-order valence-electron chi connectivity index (χ0n) is 14.7. The summed E-state index contributed by atoms with van der Waals surface area (Å²) >= 11 is 1.55. The number of fused-ring (bicyclic) bond motifs is 2.